The summed E-state index contributed by atoms with van der Waals surface area (Å²) in [5.74, 6) is 0. The number of aldehydes is 2. The molecule has 88 valence electrons. The predicted molar refractivity (Wildman–Crippen MR) is 74.5 cm³/mol. The molecule has 0 spiro atoms. The zero-order valence-electron chi connectivity index (χ0n) is 13.5. The predicted octanol–water partition coefficient (Wildman–Crippen LogP) is -4.23. The third kappa shape index (κ3) is 69.8. The largest absolute Gasteiger partial charge is 1.00 e. The van der Waals surface area contributed by atoms with Crippen LogP contribution in [0.2, 0.25) is 0 Å². The Morgan fingerprint density at radius 2 is 1.12 bits per heavy atom. The summed E-state index contributed by atoms with van der Waals surface area (Å²) >= 11 is 0. The minimum atomic E-state index is 0. The van der Waals surface area contributed by atoms with Crippen LogP contribution in [0.4, 0.5) is 0 Å². The molecule has 0 bridgehead atoms. The molecule has 0 rings (SSSR count). The molecule has 0 heterocycles. The quantitative estimate of drug-likeness (QED) is 0.388. The van der Waals surface area contributed by atoms with E-state index in [-0.39, 0.29) is 113 Å². The van der Waals surface area contributed by atoms with Gasteiger partial charge in [0.15, 0.2) is 0 Å². The van der Waals surface area contributed by atoms with Gasteiger partial charge in [0.1, 0.15) is 0 Å². The zero-order chi connectivity index (χ0) is 12.0. The first-order chi connectivity index (χ1) is 6.54. The molecule has 0 fully saturated rings. The number of carbonyl (C=O) groups is 2. The average molecular weight is 288 g/mol. The topological polar surface area (TPSA) is 34.1 Å². The van der Waals surface area contributed by atoms with Gasteiger partial charge in [0, 0.05) is 0 Å². The van der Waals surface area contributed by atoms with Gasteiger partial charge in [-0.3, -0.25) is 0 Å². The van der Waals surface area contributed by atoms with E-state index in [9.17, 15) is 9.59 Å². The molecule has 0 aliphatic heterocycles. The molecule has 0 aromatic carbocycles. The van der Waals surface area contributed by atoms with Gasteiger partial charge in [-0.05, 0) is 0 Å². The summed E-state index contributed by atoms with van der Waals surface area (Å²) < 4.78 is 0. The molecule has 0 saturated carbocycles. The van der Waals surface area contributed by atoms with E-state index in [2.05, 4.69) is 0 Å². The first-order valence-electron chi connectivity index (χ1n) is 4.57. The Bertz CT molecular complexity index is 176. The van der Waals surface area contributed by atoms with Crippen LogP contribution in [-0.2, 0) is 9.59 Å². The molecule has 0 N–H and O–H groups in total. The number of hydrogen-bond acceptors (Lipinski definition) is 2. The van der Waals surface area contributed by atoms with Crippen LogP contribution in [0.15, 0.2) is 0 Å². The van der Waals surface area contributed by atoms with Crippen molar-refractivity contribution in [2.45, 2.75) is 48.0 Å². The molecule has 0 aliphatic rings. The van der Waals surface area contributed by atoms with Crippen molar-refractivity contribution in [1.82, 2.24) is 0 Å². The van der Waals surface area contributed by atoms with Gasteiger partial charge in [0.2, 0.25) is 0 Å². The minimum absolute atomic E-state index is 0. The second kappa shape index (κ2) is 36.3. The molecule has 2 radical (unpaired) electrons. The van der Waals surface area contributed by atoms with E-state index in [1.165, 1.54) is 0 Å². The summed E-state index contributed by atoms with van der Waals surface area (Å²) in [4.78, 5) is 19.0. The Kier molecular flexibility index (Phi) is 78.1. The fourth-order valence-corrected chi connectivity index (χ4v) is 0.263. The van der Waals surface area contributed by atoms with Crippen molar-refractivity contribution in [3.05, 3.63) is 0 Å². The molecule has 2 nitrogen and oxygen atoms in total. The molecule has 6 heteroatoms. The Morgan fingerprint density at radius 3 is 1.12 bits per heavy atom. The minimum Gasteiger partial charge on any atom is -1.00 e. The monoisotopic (exact) mass is 288 g/mol. The van der Waals surface area contributed by atoms with Gasteiger partial charge >= 0.3 is 178 Å². The van der Waals surface area contributed by atoms with Crippen LogP contribution >= 0.6 is 0 Å². The van der Waals surface area contributed by atoms with Crippen LogP contribution in [0.1, 0.15) is 50.8 Å². The Balaban J connectivity index is -0.0000000152. The van der Waals surface area contributed by atoms with E-state index in [0.29, 0.717) is 23.8 Å². The smallest absolute Gasteiger partial charge is 1.00 e. The van der Waals surface area contributed by atoms with E-state index in [4.69, 9.17) is 15.0 Å². The summed E-state index contributed by atoms with van der Waals surface area (Å²) in [5.41, 5.74) is 1.34. The molecule has 0 aliphatic carbocycles. The van der Waals surface area contributed by atoms with Crippen molar-refractivity contribution < 1.29 is 115 Å². The molecular weight excluding hydrogens is 264 g/mol. The number of carbonyl (C=O) groups excluding carboxylic acids is 2. The molecule has 17 heavy (non-hydrogen) atoms. The van der Waals surface area contributed by atoms with Gasteiger partial charge in [-0.25, -0.2) is 0 Å². The zero-order valence-corrected chi connectivity index (χ0v) is 17.8. The van der Waals surface area contributed by atoms with Crippen molar-refractivity contribution in [2.24, 2.45) is 0 Å². The summed E-state index contributed by atoms with van der Waals surface area (Å²) in [5, 5.41) is 0. The maximum absolute atomic E-state index is 9.51. The summed E-state index contributed by atoms with van der Waals surface area (Å²) in [6.07, 6.45) is 2.35. The first-order valence-corrected chi connectivity index (χ1v) is 4.57. The van der Waals surface area contributed by atoms with Crippen molar-refractivity contribution >= 4 is 38.5 Å². The fourth-order valence-electron chi connectivity index (χ4n) is 0.263. The van der Waals surface area contributed by atoms with Gasteiger partial charge in [0.25, 0.3) is 0 Å². The molecule has 0 amide bonds. The van der Waals surface area contributed by atoms with Crippen molar-refractivity contribution in [2.75, 3.05) is 0 Å². The van der Waals surface area contributed by atoms with Crippen LogP contribution in [-0.4, -0.2) is 38.5 Å². The Labute approximate surface area is 197 Å². The normalized spacial score (nSPS) is 5.53. The standard InChI is InChI=1S/2C4H6BO.C2H6.CH4.2K.2H/c2*1-4(5)2-3-6;1-2;;;;;/h2*3H,2H2,1H3;1-2H3;1H4;;;;/q;;;;2*+1;2*-1. The van der Waals surface area contributed by atoms with Crippen LogP contribution in [0.5, 0.6) is 0 Å². The maximum Gasteiger partial charge on any atom is 1.00 e. The van der Waals surface area contributed by atoms with Gasteiger partial charge < -0.3 is 2.85 Å². The third-order valence-electron chi connectivity index (χ3n) is 0.811. The molecule has 0 aromatic rings. The van der Waals surface area contributed by atoms with Gasteiger partial charge in [-0.1, -0.05) is 21.3 Å². The van der Waals surface area contributed by atoms with E-state index >= 15 is 0 Å². The summed E-state index contributed by atoms with van der Waals surface area (Å²) in [7, 11) is 10.2. The Morgan fingerprint density at radius 1 is 0.941 bits per heavy atom. The molecule has 0 saturated heterocycles. The summed E-state index contributed by atoms with van der Waals surface area (Å²) in [6, 6.07) is 0. The molecule has 0 unspecified atom stereocenters. The van der Waals surface area contributed by atoms with Crippen LogP contribution < -0.4 is 103 Å². The molecular formula is C11H24B2K2O2. The van der Waals surface area contributed by atoms with Gasteiger partial charge in [-0.2, -0.15) is 0 Å². The average Bonchev–Trinajstić information content (AvgIpc) is 2.08. The van der Waals surface area contributed by atoms with Crippen molar-refractivity contribution in [1.29, 1.82) is 0 Å². The van der Waals surface area contributed by atoms with Crippen LogP contribution in [0, 0.1) is 0 Å². The van der Waals surface area contributed by atoms with Crippen molar-refractivity contribution in [3.8, 4) is 0 Å². The third-order valence-corrected chi connectivity index (χ3v) is 0.811. The Hall–Kier alpha value is 2.48. The van der Waals surface area contributed by atoms with Crippen LogP contribution in [0.25, 0.3) is 0 Å². The van der Waals surface area contributed by atoms with Gasteiger partial charge in [0.05, 0.1) is 0 Å². The van der Waals surface area contributed by atoms with Gasteiger partial charge in [-0.15, -0.1) is 0 Å². The van der Waals surface area contributed by atoms with Crippen LogP contribution in [0.3, 0.4) is 0 Å². The molecule has 0 aromatic heterocycles. The van der Waals surface area contributed by atoms with E-state index in [1.54, 1.807) is 13.8 Å². The van der Waals surface area contributed by atoms with E-state index < -0.39 is 0 Å². The second-order valence-electron chi connectivity index (χ2n) is 2.43. The SMILES string of the molecule is C.CC.[B]=C(C)CC=O.[B]=C(C)CC=O.[H-].[H-].[K+].[K+]. The van der Waals surface area contributed by atoms with E-state index in [1.807, 2.05) is 13.8 Å². The first kappa shape index (κ1) is 36.6. The fraction of sp³-hybridized carbons (Fsp3) is 0.636. The maximum atomic E-state index is 9.51. The van der Waals surface area contributed by atoms with E-state index in [0.717, 1.165) is 12.6 Å². The number of hydrogen-bond donors (Lipinski definition) is 0. The second-order valence-corrected chi connectivity index (χ2v) is 2.43. The number of rotatable bonds is 4. The molecule has 0 atom stereocenters. The summed E-state index contributed by atoms with van der Waals surface area (Å²) in [6.45, 7) is 7.43. The van der Waals surface area contributed by atoms with Crippen molar-refractivity contribution in [3.63, 3.8) is 0 Å².